The summed E-state index contributed by atoms with van der Waals surface area (Å²) in [5, 5.41) is 0.579. The number of rotatable bonds is 6. The van der Waals surface area contributed by atoms with Gasteiger partial charge in [-0.05, 0) is 66.5 Å². The number of ether oxygens (including phenoxy) is 2. The molecule has 4 rings (SSSR count). The Bertz CT molecular complexity index is 1080. The molecule has 2 aromatic rings. The van der Waals surface area contributed by atoms with Crippen LogP contribution in [0.2, 0.25) is 0 Å². The average molecular weight is 594 g/mol. The first-order chi connectivity index (χ1) is 15.9. The molecule has 5 nitrogen and oxygen atoms in total. The third-order valence-corrected chi connectivity index (χ3v) is 7.80. The summed E-state index contributed by atoms with van der Waals surface area (Å²) in [6.07, 6.45) is 7.40. The minimum atomic E-state index is -0.0316. The van der Waals surface area contributed by atoms with Gasteiger partial charge in [0.1, 0.15) is 12.3 Å². The van der Waals surface area contributed by atoms with Crippen LogP contribution in [0.15, 0.2) is 51.0 Å². The van der Waals surface area contributed by atoms with Crippen LogP contribution in [-0.2, 0) is 11.4 Å². The first-order valence-corrected chi connectivity index (χ1v) is 13.0. The molecule has 1 heterocycles. The van der Waals surface area contributed by atoms with Gasteiger partial charge in [0, 0.05) is 22.0 Å². The highest BCUT2D eigenvalue weighted by atomic mass is 79.9. The monoisotopic (exact) mass is 592 g/mol. The lowest BCUT2D eigenvalue weighted by Gasteiger charge is -2.30. The quantitative estimate of drug-likeness (QED) is 0.281. The fraction of sp³-hybridized carbons (Fsp3) is 0.360. The van der Waals surface area contributed by atoms with E-state index in [1.165, 1.54) is 6.42 Å². The molecule has 1 amide bonds. The molecular weight excluding hydrogens is 568 g/mol. The molecule has 0 radical (unpaired) electrons. The Kier molecular flexibility index (Phi) is 7.76. The van der Waals surface area contributed by atoms with Crippen molar-refractivity contribution in [2.45, 2.75) is 44.8 Å². The number of hydrogen-bond acceptors (Lipinski definition) is 4. The largest absolute Gasteiger partial charge is 0.493 e. The molecule has 2 aromatic carbocycles. The van der Waals surface area contributed by atoms with E-state index in [9.17, 15) is 4.79 Å². The van der Waals surface area contributed by atoms with Gasteiger partial charge in [-0.1, -0.05) is 63.3 Å². The van der Waals surface area contributed by atoms with Crippen LogP contribution in [-0.4, -0.2) is 41.0 Å². The fourth-order valence-corrected chi connectivity index (χ4v) is 5.29. The van der Waals surface area contributed by atoms with Crippen LogP contribution < -0.4 is 9.47 Å². The highest BCUT2D eigenvalue weighted by Crippen LogP contribution is 2.37. The zero-order valence-corrected chi connectivity index (χ0v) is 22.6. The zero-order valence-electron chi connectivity index (χ0n) is 18.6. The van der Waals surface area contributed by atoms with Crippen LogP contribution in [0.3, 0.4) is 0 Å². The number of likely N-dealkylation sites (N-methyl/N-ethyl adjacent to an activating group) is 1. The van der Waals surface area contributed by atoms with Crippen molar-refractivity contribution in [2.24, 2.45) is 0 Å². The maximum Gasteiger partial charge on any atom is 0.277 e. The third-order valence-electron chi connectivity index (χ3n) is 6.11. The topological polar surface area (TPSA) is 42.0 Å². The summed E-state index contributed by atoms with van der Waals surface area (Å²) >= 11 is 12.7. The predicted octanol–water partition coefficient (Wildman–Crippen LogP) is 6.53. The third kappa shape index (κ3) is 5.28. The van der Waals surface area contributed by atoms with Crippen molar-refractivity contribution >= 4 is 61.2 Å². The van der Waals surface area contributed by atoms with Crippen molar-refractivity contribution in [2.75, 3.05) is 14.2 Å². The minimum absolute atomic E-state index is 0.0316. The van der Waals surface area contributed by atoms with Crippen molar-refractivity contribution in [3.05, 3.63) is 62.2 Å². The first kappa shape index (κ1) is 24.2. The molecule has 0 bridgehead atoms. The van der Waals surface area contributed by atoms with E-state index in [2.05, 4.69) is 31.9 Å². The molecule has 0 unspecified atom stereocenters. The summed E-state index contributed by atoms with van der Waals surface area (Å²) in [6.45, 7) is 0.419. The van der Waals surface area contributed by atoms with Crippen LogP contribution in [0, 0.1) is 0 Å². The van der Waals surface area contributed by atoms with Gasteiger partial charge in [-0.2, -0.15) is 0 Å². The zero-order chi connectivity index (χ0) is 23.5. The number of carbonyl (C=O) groups excluding carboxylic acids is 1. The van der Waals surface area contributed by atoms with Crippen molar-refractivity contribution in [1.29, 1.82) is 0 Å². The summed E-state index contributed by atoms with van der Waals surface area (Å²) in [6, 6.07) is 11.9. The summed E-state index contributed by atoms with van der Waals surface area (Å²) in [7, 11) is 3.47. The summed E-state index contributed by atoms with van der Waals surface area (Å²) in [4.78, 5) is 16.9. The molecule has 1 aliphatic heterocycles. The van der Waals surface area contributed by atoms with E-state index in [1.807, 2.05) is 54.4 Å². The SMILES string of the molecule is COc1cc(/C=C2/C(=O)N(C3CCCCC3)C(=S)N2C)c(Br)cc1OCc1ccc(Br)cc1. The molecule has 1 saturated heterocycles. The molecule has 0 aromatic heterocycles. The van der Waals surface area contributed by atoms with Gasteiger partial charge < -0.3 is 14.4 Å². The molecule has 2 aliphatic rings. The van der Waals surface area contributed by atoms with E-state index in [-0.39, 0.29) is 11.9 Å². The Morgan fingerprint density at radius 3 is 2.45 bits per heavy atom. The van der Waals surface area contributed by atoms with E-state index >= 15 is 0 Å². The number of hydrogen-bond donors (Lipinski definition) is 0. The van der Waals surface area contributed by atoms with Crippen molar-refractivity contribution < 1.29 is 14.3 Å². The summed E-state index contributed by atoms with van der Waals surface area (Å²) in [5.74, 6) is 1.19. The number of benzene rings is 2. The van der Waals surface area contributed by atoms with E-state index in [4.69, 9.17) is 21.7 Å². The molecule has 1 aliphatic carbocycles. The lowest BCUT2D eigenvalue weighted by Crippen LogP contribution is -2.41. The molecule has 8 heteroatoms. The lowest BCUT2D eigenvalue weighted by molar-refractivity contribution is -0.124. The number of methoxy groups -OCH3 is 1. The summed E-state index contributed by atoms with van der Waals surface area (Å²) in [5.41, 5.74) is 2.44. The Labute approximate surface area is 217 Å². The number of amides is 1. The molecule has 2 fully saturated rings. The molecule has 1 saturated carbocycles. The Morgan fingerprint density at radius 1 is 1.09 bits per heavy atom. The van der Waals surface area contributed by atoms with Gasteiger partial charge in [0.05, 0.1) is 7.11 Å². The molecular formula is C25H26Br2N2O3S. The maximum atomic E-state index is 13.3. The van der Waals surface area contributed by atoms with Crippen molar-refractivity contribution in [3.8, 4) is 11.5 Å². The average Bonchev–Trinajstić information content (AvgIpc) is 3.03. The molecule has 33 heavy (non-hydrogen) atoms. The van der Waals surface area contributed by atoms with Crippen LogP contribution in [0.25, 0.3) is 6.08 Å². The van der Waals surface area contributed by atoms with Gasteiger partial charge in [0.25, 0.3) is 5.91 Å². The van der Waals surface area contributed by atoms with E-state index in [0.717, 1.165) is 45.8 Å². The second kappa shape index (κ2) is 10.6. The number of halogens is 2. The van der Waals surface area contributed by atoms with Gasteiger partial charge in [-0.3, -0.25) is 9.69 Å². The smallest absolute Gasteiger partial charge is 0.277 e. The highest BCUT2D eigenvalue weighted by Gasteiger charge is 2.40. The number of carbonyl (C=O) groups is 1. The van der Waals surface area contributed by atoms with Gasteiger partial charge in [0.15, 0.2) is 16.6 Å². The van der Waals surface area contributed by atoms with Crippen molar-refractivity contribution in [1.82, 2.24) is 9.80 Å². The maximum absolute atomic E-state index is 13.3. The molecule has 174 valence electrons. The second-order valence-corrected chi connectivity index (χ2v) is 10.4. The van der Waals surface area contributed by atoms with Crippen LogP contribution in [0.5, 0.6) is 11.5 Å². The van der Waals surface area contributed by atoms with Gasteiger partial charge in [0.2, 0.25) is 0 Å². The van der Waals surface area contributed by atoms with Gasteiger partial charge in [-0.25, -0.2) is 0 Å². The van der Waals surface area contributed by atoms with Crippen LogP contribution >= 0.6 is 44.1 Å². The van der Waals surface area contributed by atoms with E-state index in [0.29, 0.717) is 28.9 Å². The lowest BCUT2D eigenvalue weighted by atomic mass is 9.94. The Balaban J connectivity index is 1.57. The predicted molar refractivity (Wildman–Crippen MR) is 141 cm³/mol. The first-order valence-electron chi connectivity index (χ1n) is 11.0. The van der Waals surface area contributed by atoms with E-state index in [1.54, 1.807) is 12.0 Å². The highest BCUT2D eigenvalue weighted by molar-refractivity contribution is 9.10. The van der Waals surface area contributed by atoms with Gasteiger partial charge >= 0.3 is 0 Å². The normalized spacial score (nSPS) is 18.4. The fourth-order valence-electron chi connectivity index (χ4n) is 4.26. The van der Waals surface area contributed by atoms with Crippen LogP contribution in [0.1, 0.15) is 43.2 Å². The van der Waals surface area contributed by atoms with Crippen LogP contribution in [0.4, 0.5) is 0 Å². The second-order valence-electron chi connectivity index (χ2n) is 8.28. The molecule has 0 N–H and O–H groups in total. The Morgan fingerprint density at radius 2 is 1.79 bits per heavy atom. The summed E-state index contributed by atoms with van der Waals surface area (Å²) < 4.78 is 13.4. The Hall–Kier alpha value is -1.90. The van der Waals surface area contributed by atoms with E-state index < -0.39 is 0 Å². The number of nitrogens with zero attached hydrogens (tertiary/aromatic N) is 2. The molecule has 0 atom stereocenters. The standard InChI is InChI=1S/C25H26Br2N2O3S/c1-28-21(24(30)29(25(28)33)19-6-4-3-5-7-19)12-17-13-22(31-2)23(14-20(17)27)32-15-16-8-10-18(26)11-9-16/h8-14,19H,3-7,15H2,1-2H3/b21-12-. The van der Waals surface area contributed by atoms with Crippen molar-refractivity contribution in [3.63, 3.8) is 0 Å². The minimum Gasteiger partial charge on any atom is -0.493 e. The van der Waals surface area contributed by atoms with Gasteiger partial charge in [-0.15, -0.1) is 0 Å². The molecule has 0 spiro atoms. The number of thiocarbonyl (C=S) groups is 1.